The molecule has 0 saturated carbocycles. The molecule has 2 aliphatic heterocycles. The molecule has 0 radical (unpaired) electrons. The van der Waals surface area contributed by atoms with Gasteiger partial charge >= 0.3 is 181 Å². The van der Waals surface area contributed by atoms with Crippen molar-refractivity contribution < 1.29 is 38.0 Å². The number of rotatable bonds is 7. The number of nitrogens with one attached hydrogen (secondary N) is 3. The number of amides is 4. The maximum absolute atomic E-state index is 13.2. The standard InChI is InChI=1S/C39H50BN7O8S/c1-37(2,3)53-34(49)43-32(40-52-24-41)46-20-16-26(17-21-46)25-10-12-28(13-11-25)31(48)42-30-15-14-29(56-30)27-18-22-47(23-19-27)33(44-35(50)54-38(4,5)6)45-36(51)55-39(7,8)9/h10-16,18H,17,19-23H2,1-9H3,(H,42,48)(H,43,49)(H,44,45,50,51). The summed E-state index contributed by atoms with van der Waals surface area (Å²) in [6.07, 6.45) is 4.63. The van der Waals surface area contributed by atoms with Crippen molar-refractivity contribution in [1.29, 1.82) is 5.26 Å². The number of aliphatic imine (C=N–C) groups is 1. The monoisotopic (exact) mass is 787 g/mol. The summed E-state index contributed by atoms with van der Waals surface area (Å²) in [5.74, 6) is -0.203. The number of anilines is 1. The second-order valence-corrected chi connectivity index (χ2v) is 17.0. The predicted molar refractivity (Wildman–Crippen MR) is 217 cm³/mol. The van der Waals surface area contributed by atoms with Gasteiger partial charge in [-0.25, -0.2) is 9.59 Å². The number of thiophene rings is 1. The van der Waals surface area contributed by atoms with Crippen LogP contribution in [0.25, 0.3) is 11.1 Å². The number of alkyl carbamates (subject to hydrolysis) is 2. The first-order chi connectivity index (χ1) is 26.2. The van der Waals surface area contributed by atoms with Gasteiger partial charge in [-0.1, -0.05) is 6.08 Å². The molecule has 0 fully saturated rings. The van der Waals surface area contributed by atoms with Crippen LogP contribution in [-0.4, -0.2) is 95.8 Å². The molecule has 0 spiro atoms. The average molecular weight is 788 g/mol. The summed E-state index contributed by atoms with van der Waals surface area (Å²) in [7, 11) is 1.18. The first-order valence-corrected chi connectivity index (χ1v) is 19.0. The number of hydrogen-bond acceptors (Lipinski definition) is 11. The quantitative estimate of drug-likeness (QED) is 0.0890. The van der Waals surface area contributed by atoms with Gasteiger partial charge in [0.2, 0.25) is 5.96 Å². The van der Waals surface area contributed by atoms with Gasteiger partial charge < -0.3 is 14.4 Å². The zero-order valence-electron chi connectivity index (χ0n) is 33.4. The number of carbonyl (C=O) groups excluding carboxylic acids is 4. The van der Waals surface area contributed by atoms with E-state index in [4.69, 9.17) is 24.1 Å². The van der Waals surface area contributed by atoms with E-state index in [2.05, 4.69) is 20.9 Å². The van der Waals surface area contributed by atoms with Crippen LogP contribution in [0, 0.1) is 11.5 Å². The molecule has 1 aromatic heterocycles. The van der Waals surface area contributed by atoms with Crippen molar-refractivity contribution in [3.05, 3.63) is 64.6 Å². The van der Waals surface area contributed by atoms with Crippen LogP contribution in [0.15, 0.2) is 53.5 Å². The first-order valence-electron chi connectivity index (χ1n) is 18.1. The van der Waals surface area contributed by atoms with Crippen LogP contribution >= 0.6 is 11.3 Å². The van der Waals surface area contributed by atoms with E-state index in [1.165, 1.54) is 18.5 Å². The van der Waals surface area contributed by atoms with Crippen molar-refractivity contribution in [2.75, 3.05) is 31.5 Å². The van der Waals surface area contributed by atoms with Gasteiger partial charge in [-0.05, 0) is 65.7 Å². The normalized spacial score (nSPS) is 15.3. The summed E-state index contributed by atoms with van der Waals surface area (Å²) in [5.41, 5.74) is 1.74. The fourth-order valence-corrected chi connectivity index (χ4v) is 6.42. The van der Waals surface area contributed by atoms with Crippen molar-refractivity contribution in [2.24, 2.45) is 4.99 Å². The van der Waals surface area contributed by atoms with Gasteiger partial charge in [-0.3, -0.25) is 5.32 Å². The molecule has 4 rings (SSSR count). The van der Waals surface area contributed by atoms with Crippen molar-refractivity contribution >= 4 is 70.5 Å². The Balaban J connectivity index is 1.36. The van der Waals surface area contributed by atoms with Crippen LogP contribution in [-0.2, 0) is 18.9 Å². The molecule has 0 unspecified atom stereocenters. The molecule has 0 bridgehead atoms. The van der Waals surface area contributed by atoms with E-state index in [-0.39, 0.29) is 11.9 Å². The van der Waals surface area contributed by atoms with Crippen LogP contribution < -0.4 is 16.0 Å². The third-order valence-electron chi connectivity index (χ3n) is 7.79. The molecule has 3 heterocycles. The Hall–Kier alpha value is -5.63. The number of hydrogen-bond donors (Lipinski definition) is 3. The van der Waals surface area contributed by atoms with Crippen LogP contribution in [0.5, 0.6) is 0 Å². The molecule has 0 saturated heterocycles. The molecule has 298 valence electrons. The maximum Gasteiger partial charge on any atom is 0.0251 e. The number of nitrogens with zero attached hydrogens (tertiary/aromatic N) is 4. The van der Waals surface area contributed by atoms with Crippen molar-refractivity contribution in [1.82, 2.24) is 20.4 Å². The predicted octanol–water partition coefficient (Wildman–Crippen LogP) is 6.72. The van der Waals surface area contributed by atoms with Gasteiger partial charge in [0, 0.05) is 18.0 Å². The van der Waals surface area contributed by atoms with Gasteiger partial charge in [-0.2, -0.15) is 0 Å². The molecule has 2 aromatic rings. The Morgan fingerprint density at radius 2 is 1.34 bits per heavy atom. The zero-order chi connectivity index (χ0) is 41.3. The summed E-state index contributed by atoms with van der Waals surface area (Å²) in [6.45, 7) is 17.5. The van der Waals surface area contributed by atoms with E-state index in [0.29, 0.717) is 55.3 Å². The topological polar surface area (TPSA) is 184 Å². The Labute approximate surface area is 332 Å². The Bertz CT molecular complexity index is 1940. The fourth-order valence-electron chi connectivity index (χ4n) is 5.45. The molecule has 0 aliphatic carbocycles. The third kappa shape index (κ3) is 13.9. The van der Waals surface area contributed by atoms with Gasteiger partial charge in [0.15, 0.2) is 0 Å². The van der Waals surface area contributed by atoms with Crippen LogP contribution in [0.2, 0.25) is 0 Å². The molecule has 0 atom stereocenters. The van der Waals surface area contributed by atoms with Crippen LogP contribution in [0.4, 0.5) is 19.4 Å². The second kappa shape index (κ2) is 18.3. The average Bonchev–Trinajstić information content (AvgIpc) is 3.56. The van der Waals surface area contributed by atoms with Gasteiger partial charge in [-0.15, -0.1) is 16.3 Å². The molecule has 17 heteroatoms. The summed E-state index contributed by atoms with van der Waals surface area (Å²) in [4.78, 5) is 59.4. The van der Waals surface area contributed by atoms with Crippen LogP contribution in [0.1, 0.15) is 96.0 Å². The minimum Gasteiger partial charge on any atom is -0.118 e. The fraction of sp³-hybridized carbons (Fsp3) is 0.462. The number of ether oxygens (including phenoxy) is 3. The number of nitriles is 1. The smallest absolute Gasteiger partial charge is 0.0251 e. The molecular weight excluding hydrogens is 737 g/mol. The largest absolute Gasteiger partial charge is 0.118 e. The SMILES string of the molecule is CC(C)(C)OC(=O)/N=C(/NC(=O)OC(C)(C)C)N1CC=C(c2ccc(NC(=O)c3ccc(C4=CCN(C(=BOC#N)NC(=O)OC(C)(C)C)CC4)cc3)s2)CC1. The second-order valence-electron chi connectivity index (χ2n) is 15.9. The van der Waals surface area contributed by atoms with E-state index in [9.17, 15) is 19.2 Å². The van der Waals surface area contributed by atoms with Crippen LogP contribution in [0.3, 0.4) is 0 Å². The van der Waals surface area contributed by atoms with E-state index < -0.39 is 35.1 Å². The molecule has 2 aliphatic rings. The Kier molecular flexibility index (Phi) is 14.1. The number of benzene rings is 1. The maximum atomic E-state index is 13.2. The van der Waals surface area contributed by atoms with Gasteiger partial charge in [0.25, 0.3) is 0 Å². The minimum atomic E-state index is -0.827. The number of guanidine groups is 1. The molecule has 3 N–H and O–H groups in total. The molecular formula is C39H50BN7O8S. The summed E-state index contributed by atoms with van der Waals surface area (Å²) in [5, 5.41) is 17.8. The Morgan fingerprint density at radius 3 is 1.89 bits per heavy atom. The molecule has 4 amide bonds. The van der Waals surface area contributed by atoms with Gasteiger partial charge in [0.1, 0.15) is 11.2 Å². The summed E-state index contributed by atoms with van der Waals surface area (Å²) in [6, 6.07) is 11.2. The van der Waals surface area contributed by atoms with Crippen molar-refractivity contribution in [3.8, 4) is 6.26 Å². The first kappa shape index (κ1) is 43.1. The number of carbonyl (C=O) groups is 4. The van der Waals surface area contributed by atoms with Crippen molar-refractivity contribution in [2.45, 2.75) is 92.0 Å². The van der Waals surface area contributed by atoms with E-state index >= 15 is 0 Å². The van der Waals surface area contributed by atoms with Gasteiger partial charge in [0.05, 0.1) is 0 Å². The van der Waals surface area contributed by atoms with Crippen molar-refractivity contribution in [3.63, 3.8) is 0 Å². The minimum absolute atomic E-state index is 0.0386. The molecule has 15 nitrogen and oxygen atoms in total. The Morgan fingerprint density at radius 1 is 0.768 bits per heavy atom. The summed E-state index contributed by atoms with van der Waals surface area (Å²) >= 11 is 1.45. The third-order valence-corrected chi connectivity index (χ3v) is 8.87. The molecule has 56 heavy (non-hydrogen) atoms. The van der Waals surface area contributed by atoms with E-state index in [1.54, 1.807) is 85.6 Å². The summed E-state index contributed by atoms with van der Waals surface area (Å²) < 4.78 is 20.9. The van der Waals surface area contributed by atoms with E-state index in [0.717, 1.165) is 21.6 Å². The zero-order valence-corrected chi connectivity index (χ0v) is 34.2. The van der Waals surface area contributed by atoms with E-state index in [1.807, 2.05) is 41.3 Å². The molecule has 1 aromatic carbocycles.